The minimum atomic E-state index is -0.845. The molecular formula is C14H17N3O3. The molecule has 2 aromatic rings. The summed E-state index contributed by atoms with van der Waals surface area (Å²) >= 11 is 0. The maximum absolute atomic E-state index is 10.9. The highest BCUT2D eigenvalue weighted by Gasteiger charge is 2.21. The minimum Gasteiger partial charge on any atom is -0.465 e. The number of carbonyl (C=O) groups is 1. The molecule has 0 saturated carbocycles. The minimum absolute atomic E-state index is 0.541. The van der Waals surface area contributed by atoms with E-state index < -0.39 is 6.09 Å². The number of rotatable bonds is 2. The highest BCUT2D eigenvalue weighted by atomic mass is 16.4. The van der Waals surface area contributed by atoms with Crippen LogP contribution in [0.1, 0.15) is 5.56 Å². The monoisotopic (exact) mass is 275 g/mol. The van der Waals surface area contributed by atoms with Crippen molar-refractivity contribution >= 4 is 22.7 Å². The fraction of sp³-hybridized carbons (Fsp3) is 0.357. The van der Waals surface area contributed by atoms with Gasteiger partial charge in [0.2, 0.25) is 0 Å². The van der Waals surface area contributed by atoms with Crippen molar-refractivity contribution in [3.63, 3.8) is 0 Å². The van der Waals surface area contributed by atoms with Crippen LogP contribution >= 0.6 is 0 Å². The molecule has 0 bridgehead atoms. The van der Waals surface area contributed by atoms with E-state index in [1.54, 1.807) is 6.26 Å². The van der Waals surface area contributed by atoms with E-state index in [4.69, 9.17) is 15.3 Å². The molecule has 1 aliphatic rings. The third kappa shape index (κ3) is 2.42. The van der Waals surface area contributed by atoms with Crippen LogP contribution in [0.15, 0.2) is 28.9 Å². The number of hydrogen-bond donors (Lipinski definition) is 2. The van der Waals surface area contributed by atoms with Crippen molar-refractivity contribution in [2.45, 2.75) is 6.54 Å². The Morgan fingerprint density at radius 1 is 1.30 bits per heavy atom. The van der Waals surface area contributed by atoms with Crippen LogP contribution in [0.3, 0.4) is 0 Å². The topological polar surface area (TPSA) is 82.9 Å². The molecule has 0 unspecified atom stereocenters. The maximum atomic E-state index is 10.9. The molecule has 1 aromatic carbocycles. The van der Waals surface area contributed by atoms with Crippen LogP contribution in [-0.4, -0.2) is 47.2 Å². The highest BCUT2D eigenvalue weighted by molar-refractivity contribution is 5.83. The van der Waals surface area contributed by atoms with Crippen molar-refractivity contribution in [2.24, 2.45) is 0 Å². The lowest BCUT2D eigenvalue weighted by atomic mass is 10.1. The highest BCUT2D eigenvalue weighted by Crippen LogP contribution is 2.25. The first-order valence-electron chi connectivity index (χ1n) is 6.59. The van der Waals surface area contributed by atoms with Gasteiger partial charge in [-0.05, 0) is 18.2 Å². The van der Waals surface area contributed by atoms with Crippen LogP contribution in [0.2, 0.25) is 0 Å². The normalized spacial score (nSPS) is 16.7. The van der Waals surface area contributed by atoms with E-state index in [0.717, 1.165) is 41.9 Å². The van der Waals surface area contributed by atoms with Crippen LogP contribution in [0.4, 0.5) is 10.5 Å². The Kier molecular flexibility index (Phi) is 3.23. The molecule has 0 atom stereocenters. The third-order valence-electron chi connectivity index (χ3n) is 3.69. The summed E-state index contributed by atoms with van der Waals surface area (Å²) in [4.78, 5) is 14.5. The van der Waals surface area contributed by atoms with Gasteiger partial charge in [-0.1, -0.05) is 0 Å². The molecule has 6 nitrogen and oxygen atoms in total. The van der Waals surface area contributed by atoms with Crippen molar-refractivity contribution < 1.29 is 14.3 Å². The van der Waals surface area contributed by atoms with Crippen LogP contribution in [0.5, 0.6) is 0 Å². The summed E-state index contributed by atoms with van der Waals surface area (Å²) < 4.78 is 5.52. The second kappa shape index (κ2) is 5.05. The van der Waals surface area contributed by atoms with Crippen LogP contribution in [-0.2, 0) is 6.54 Å². The van der Waals surface area contributed by atoms with E-state index >= 15 is 0 Å². The summed E-state index contributed by atoms with van der Waals surface area (Å²) in [5.74, 6) is 0. The number of carboxylic acid groups (broad SMARTS) is 1. The van der Waals surface area contributed by atoms with Gasteiger partial charge in [0.15, 0.2) is 0 Å². The van der Waals surface area contributed by atoms with Gasteiger partial charge in [0.1, 0.15) is 5.58 Å². The Hall–Kier alpha value is -2.21. The smallest absolute Gasteiger partial charge is 0.407 e. The third-order valence-corrected chi connectivity index (χ3v) is 3.69. The predicted molar refractivity (Wildman–Crippen MR) is 75.5 cm³/mol. The van der Waals surface area contributed by atoms with Gasteiger partial charge < -0.3 is 20.2 Å². The van der Waals surface area contributed by atoms with Crippen molar-refractivity contribution in [3.8, 4) is 0 Å². The van der Waals surface area contributed by atoms with Gasteiger partial charge in [-0.25, -0.2) is 4.79 Å². The van der Waals surface area contributed by atoms with Crippen LogP contribution < -0.4 is 5.73 Å². The van der Waals surface area contributed by atoms with E-state index in [2.05, 4.69) is 4.90 Å². The van der Waals surface area contributed by atoms with Gasteiger partial charge in [-0.15, -0.1) is 0 Å². The quantitative estimate of drug-likeness (QED) is 0.817. The predicted octanol–water partition coefficient (Wildman–Crippen LogP) is 1.81. The Balaban J connectivity index is 1.74. The fourth-order valence-electron chi connectivity index (χ4n) is 2.64. The van der Waals surface area contributed by atoms with E-state index in [-0.39, 0.29) is 0 Å². The molecule has 1 saturated heterocycles. The summed E-state index contributed by atoms with van der Waals surface area (Å²) in [5, 5.41) is 9.94. The molecule has 0 spiro atoms. The first-order chi connectivity index (χ1) is 9.63. The largest absolute Gasteiger partial charge is 0.465 e. The lowest BCUT2D eigenvalue weighted by Crippen LogP contribution is -2.47. The zero-order valence-electron chi connectivity index (χ0n) is 11.1. The molecule has 0 radical (unpaired) electrons. The van der Waals surface area contributed by atoms with E-state index in [1.807, 2.05) is 18.2 Å². The van der Waals surface area contributed by atoms with Gasteiger partial charge in [0, 0.05) is 49.4 Å². The first kappa shape index (κ1) is 12.8. The summed E-state index contributed by atoms with van der Waals surface area (Å²) in [5.41, 5.74) is 8.54. The Morgan fingerprint density at radius 3 is 2.75 bits per heavy atom. The van der Waals surface area contributed by atoms with Gasteiger partial charge in [0.05, 0.1) is 6.26 Å². The molecule has 1 aromatic heterocycles. The summed E-state index contributed by atoms with van der Waals surface area (Å²) in [7, 11) is 0. The number of nitrogen functional groups attached to an aromatic ring is 1. The number of piperazine rings is 1. The molecule has 3 N–H and O–H groups in total. The number of amides is 1. The second-order valence-corrected chi connectivity index (χ2v) is 5.06. The SMILES string of the molecule is Nc1cc(CN2CCN(C(=O)O)CC2)c2occc2c1. The molecule has 2 heterocycles. The first-order valence-corrected chi connectivity index (χ1v) is 6.59. The number of anilines is 1. The Labute approximate surface area is 116 Å². The van der Waals surface area contributed by atoms with Crippen LogP contribution in [0, 0.1) is 0 Å². The van der Waals surface area contributed by atoms with E-state index in [1.165, 1.54) is 4.90 Å². The Morgan fingerprint density at radius 2 is 2.05 bits per heavy atom. The zero-order chi connectivity index (χ0) is 14.1. The molecule has 1 amide bonds. The van der Waals surface area contributed by atoms with Gasteiger partial charge >= 0.3 is 6.09 Å². The summed E-state index contributed by atoms with van der Waals surface area (Å²) in [6, 6.07) is 5.72. The Bertz CT molecular complexity index is 630. The molecule has 1 fully saturated rings. The van der Waals surface area contributed by atoms with Crippen molar-refractivity contribution in [1.82, 2.24) is 9.80 Å². The van der Waals surface area contributed by atoms with Gasteiger partial charge in [0.25, 0.3) is 0 Å². The molecule has 1 aliphatic heterocycles. The number of fused-ring (bicyclic) bond motifs is 1. The summed E-state index contributed by atoms with van der Waals surface area (Å²) in [6.45, 7) is 3.26. The van der Waals surface area contributed by atoms with Crippen LogP contribution in [0.25, 0.3) is 11.0 Å². The molecule has 20 heavy (non-hydrogen) atoms. The number of nitrogens with two attached hydrogens (primary N) is 1. The summed E-state index contributed by atoms with van der Waals surface area (Å²) in [6.07, 6.45) is 0.817. The van der Waals surface area contributed by atoms with E-state index in [0.29, 0.717) is 13.1 Å². The maximum Gasteiger partial charge on any atom is 0.407 e. The van der Waals surface area contributed by atoms with Crippen molar-refractivity contribution in [3.05, 3.63) is 30.0 Å². The molecule has 0 aliphatic carbocycles. The number of nitrogens with zero attached hydrogens (tertiary/aromatic N) is 2. The van der Waals surface area contributed by atoms with Crippen molar-refractivity contribution in [1.29, 1.82) is 0 Å². The van der Waals surface area contributed by atoms with Crippen molar-refractivity contribution in [2.75, 3.05) is 31.9 Å². The number of benzene rings is 1. The molecule has 3 rings (SSSR count). The zero-order valence-corrected chi connectivity index (χ0v) is 11.1. The number of hydrogen-bond acceptors (Lipinski definition) is 4. The second-order valence-electron chi connectivity index (χ2n) is 5.06. The standard InChI is InChI=1S/C14H17N3O3/c15-12-7-10-1-6-20-13(10)11(8-12)9-16-2-4-17(5-3-16)14(18)19/h1,6-8H,2-5,9,15H2,(H,18,19). The molecular weight excluding hydrogens is 258 g/mol. The van der Waals surface area contributed by atoms with Gasteiger partial charge in [-0.3, -0.25) is 4.90 Å². The average molecular weight is 275 g/mol. The van der Waals surface area contributed by atoms with E-state index in [9.17, 15) is 4.79 Å². The lowest BCUT2D eigenvalue weighted by Gasteiger charge is -2.33. The molecule has 106 valence electrons. The average Bonchev–Trinajstić information content (AvgIpc) is 2.87. The number of furan rings is 1. The fourth-order valence-corrected chi connectivity index (χ4v) is 2.64. The molecule has 6 heteroatoms. The lowest BCUT2D eigenvalue weighted by molar-refractivity contribution is 0.103. The van der Waals surface area contributed by atoms with Gasteiger partial charge in [-0.2, -0.15) is 0 Å².